The number of unbranched alkanes of at least 4 members (excludes halogenated alkanes) is 37. The van der Waals surface area contributed by atoms with Gasteiger partial charge in [0.2, 0.25) is 0 Å². The van der Waals surface area contributed by atoms with Crippen LogP contribution in [0, 0.1) is 0 Å². The topological polar surface area (TPSA) is 78.9 Å². The number of carbonyl (C=O) groups excluding carboxylic acids is 3. The number of allylic oxidation sites excluding steroid dienone is 4. The van der Waals surface area contributed by atoms with Gasteiger partial charge in [-0.1, -0.05) is 251 Å². The van der Waals surface area contributed by atoms with E-state index in [-0.39, 0.29) is 31.1 Å². The molecule has 376 valence electrons. The van der Waals surface area contributed by atoms with Gasteiger partial charge in [-0.2, -0.15) is 0 Å². The van der Waals surface area contributed by atoms with E-state index in [1.54, 1.807) is 0 Å². The van der Waals surface area contributed by atoms with E-state index >= 15 is 0 Å². The van der Waals surface area contributed by atoms with Crippen LogP contribution in [0.3, 0.4) is 0 Å². The molecule has 0 rings (SSSR count). The van der Waals surface area contributed by atoms with E-state index in [1.165, 1.54) is 205 Å². The van der Waals surface area contributed by atoms with Crippen molar-refractivity contribution in [2.45, 2.75) is 316 Å². The van der Waals surface area contributed by atoms with Gasteiger partial charge < -0.3 is 14.2 Å². The lowest BCUT2D eigenvalue weighted by molar-refractivity contribution is -0.167. The van der Waals surface area contributed by atoms with Crippen molar-refractivity contribution in [1.29, 1.82) is 0 Å². The number of rotatable bonds is 52. The Morgan fingerprint density at radius 1 is 0.297 bits per heavy atom. The molecule has 64 heavy (non-hydrogen) atoms. The molecule has 0 aromatic heterocycles. The Hall–Kier alpha value is -2.11. The summed E-state index contributed by atoms with van der Waals surface area (Å²) in [7, 11) is 0. The molecule has 0 aliphatic carbocycles. The second kappa shape index (κ2) is 53.5. The molecule has 0 aliphatic rings. The lowest BCUT2D eigenvalue weighted by Gasteiger charge is -2.18. The van der Waals surface area contributed by atoms with Crippen LogP contribution in [0.2, 0.25) is 0 Å². The second-order valence-corrected chi connectivity index (χ2v) is 19.2. The van der Waals surface area contributed by atoms with Gasteiger partial charge in [0, 0.05) is 19.3 Å². The van der Waals surface area contributed by atoms with Gasteiger partial charge in [0.15, 0.2) is 6.10 Å². The van der Waals surface area contributed by atoms with Crippen molar-refractivity contribution in [3.63, 3.8) is 0 Å². The summed E-state index contributed by atoms with van der Waals surface area (Å²) in [5, 5.41) is 0. The van der Waals surface area contributed by atoms with E-state index in [0.29, 0.717) is 19.3 Å². The van der Waals surface area contributed by atoms with Gasteiger partial charge in [0.25, 0.3) is 0 Å². The molecule has 0 saturated carbocycles. The summed E-state index contributed by atoms with van der Waals surface area (Å²) < 4.78 is 16.8. The highest BCUT2D eigenvalue weighted by molar-refractivity contribution is 5.71. The average Bonchev–Trinajstić information content (AvgIpc) is 3.29. The fourth-order valence-corrected chi connectivity index (χ4v) is 8.38. The van der Waals surface area contributed by atoms with Crippen LogP contribution >= 0.6 is 0 Å². The van der Waals surface area contributed by atoms with Gasteiger partial charge in [-0.05, 0) is 64.2 Å². The van der Waals surface area contributed by atoms with Gasteiger partial charge in [-0.25, -0.2) is 0 Å². The molecule has 0 fully saturated rings. The van der Waals surface area contributed by atoms with Crippen LogP contribution in [0.25, 0.3) is 0 Å². The molecule has 0 N–H and O–H groups in total. The van der Waals surface area contributed by atoms with Crippen molar-refractivity contribution in [2.24, 2.45) is 0 Å². The average molecular weight is 901 g/mol. The molecule has 1 atom stereocenters. The minimum Gasteiger partial charge on any atom is -0.462 e. The molecule has 0 aromatic rings. The van der Waals surface area contributed by atoms with Crippen molar-refractivity contribution in [1.82, 2.24) is 0 Å². The molecular weight excluding hydrogens is 793 g/mol. The maximum Gasteiger partial charge on any atom is 0.306 e. The van der Waals surface area contributed by atoms with E-state index in [2.05, 4.69) is 45.1 Å². The SMILES string of the molecule is CCCCCC/C=C\CCCC(=O)OCC(COC(=O)CCCCCCCCCCCCCCCCCCCCC)OC(=O)CCCCCCC/C=C\CCCCCCCCCCC. The maximum atomic E-state index is 12.8. The van der Waals surface area contributed by atoms with Gasteiger partial charge in [0.05, 0.1) is 0 Å². The molecule has 0 spiro atoms. The van der Waals surface area contributed by atoms with E-state index in [0.717, 1.165) is 64.2 Å². The number of hydrogen-bond acceptors (Lipinski definition) is 6. The Kier molecular flexibility index (Phi) is 51.7. The molecule has 6 nitrogen and oxygen atoms in total. The van der Waals surface area contributed by atoms with E-state index in [1.807, 2.05) is 0 Å². The molecule has 0 amide bonds. The van der Waals surface area contributed by atoms with Crippen LogP contribution in [-0.2, 0) is 28.6 Å². The molecule has 0 heterocycles. The zero-order chi connectivity index (χ0) is 46.5. The zero-order valence-electron chi connectivity index (χ0n) is 43.1. The normalized spacial score (nSPS) is 12.1. The summed E-state index contributed by atoms with van der Waals surface area (Å²) in [4.78, 5) is 38.0. The zero-order valence-corrected chi connectivity index (χ0v) is 43.1. The fourth-order valence-electron chi connectivity index (χ4n) is 8.38. The van der Waals surface area contributed by atoms with Crippen LogP contribution in [0.5, 0.6) is 0 Å². The lowest BCUT2D eigenvalue weighted by atomic mass is 10.0. The first-order chi connectivity index (χ1) is 31.5. The molecule has 0 aromatic carbocycles. The van der Waals surface area contributed by atoms with E-state index in [9.17, 15) is 14.4 Å². The summed E-state index contributed by atoms with van der Waals surface area (Å²) in [5.74, 6) is -0.908. The Morgan fingerprint density at radius 3 is 0.859 bits per heavy atom. The summed E-state index contributed by atoms with van der Waals surface area (Å²) in [6.45, 7) is 6.62. The fraction of sp³-hybridized carbons (Fsp3) is 0.879. The highest BCUT2D eigenvalue weighted by Crippen LogP contribution is 2.17. The van der Waals surface area contributed by atoms with Gasteiger partial charge in [0.1, 0.15) is 13.2 Å². The summed E-state index contributed by atoms with van der Waals surface area (Å²) in [5.41, 5.74) is 0. The number of carbonyl (C=O) groups is 3. The summed E-state index contributed by atoms with van der Waals surface area (Å²) >= 11 is 0. The number of ether oxygens (including phenoxy) is 3. The van der Waals surface area contributed by atoms with Crippen LogP contribution in [0.1, 0.15) is 310 Å². The van der Waals surface area contributed by atoms with Crippen molar-refractivity contribution >= 4 is 17.9 Å². The van der Waals surface area contributed by atoms with E-state index < -0.39 is 6.10 Å². The first-order valence-electron chi connectivity index (χ1n) is 28.3. The van der Waals surface area contributed by atoms with Crippen LogP contribution in [-0.4, -0.2) is 37.2 Å². The summed E-state index contributed by atoms with van der Waals surface area (Å²) in [6.07, 6.45) is 61.9. The Morgan fingerprint density at radius 2 is 0.531 bits per heavy atom. The Balaban J connectivity index is 4.26. The molecule has 0 bridgehead atoms. The quantitative estimate of drug-likeness (QED) is 0.0262. The van der Waals surface area contributed by atoms with E-state index in [4.69, 9.17) is 14.2 Å². The van der Waals surface area contributed by atoms with Crippen molar-refractivity contribution < 1.29 is 28.6 Å². The number of hydrogen-bond donors (Lipinski definition) is 0. The molecular formula is C58H108O6. The van der Waals surface area contributed by atoms with Crippen LogP contribution in [0.4, 0.5) is 0 Å². The highest BCUT2D eigenvalue weighted by atomic mass is 16.6. The first kappa shape index (κ1) is 61.9. The molecule has 6 heteroatoms. The smallest absolute Gasteiger partial charge is 0.306 e. The molecule has 0 aliphatic heterocycles. The third kappa shape index (κ3) is 50.9. The second-order valence-electron chi connectivity index (χ2n) is 19.2. The predicted molar refractivity (Wildman–Crippen MR) is 275 cm³/mol. The van der Waals surface area contributed by atoms with Gasteiger partial charge >= 0.3 is 17.9 Å². The minimum absolute atomic E-state index is 0.0790. The molecule has 0 radical (unpaired) electrons. The third-order valence-electron chi connectivity index (χ3n) is 12.7. The standard InChI is InChI=1S/C58H108O6/c1-4-7-10-13-16-19-21-23-25-27-29-31-32-34-36-39-42-45-48-51-57(60)63-54-55(53-62-56(59)50-47-44-41-38-18-15-12-9-6-3)64-58(61)52-49-46-43-40-37-35-33-30-28-26-24-22-20-17-14-11-8-5-2/h30,33,38,41,55H,4-29,31-32,34-37,39-40,42-54H2,1-3H3/b33-30-,41-38-. The monoisotopic (exact) mass is 901 g/mol. The minimum atomic E-state index is -0.782. The van der Waals surface area contributed by atoms with Crippen molar-refractivity contribution in [2.75, 3.05) is 13.2 Å². The van der Waals surface area contributed by atoms with Gasteiger partial charge in [-0.15, -0.1) is 0 Å². The molecule has 1 unspecified atom stereocenters. The maximum absolute atomic E-state index is 12.8. The van der Waals surface area contributed by atoms with Crippen molar-refractivity contribution in [3.8, 4) is 0 Å². The van der Waals surface area contributed by atoms with Crippen molar-refractivity contribution in [3.05, 3.63) is 24.3 Å². The van der Waals surface area contributed by atoms with Crippen LogP contribution in [0.15, 0.2) is 24.3 Å². The first-order valence-corrected chi connectivity index (χ1v) is 28.3. The summed E-state index contributed by atoms with van der Waals surface area (Å²) in [6, 6.07) is 0. The highest BCUT2D eigenvalue weighted by Gasteiger charge is 2.19. The third-order valence-corrected chi connectivity index (χ3v) is 12.7. The Labute approximate surface area is 398 Å². The predicted octanol–water partition coefficient (Wildman–Crippen LogP) is 18.7. The van der Waals surface area contributed by atoms with Gasteiger partial charge in [-0.3, -0.25) is 14.4 Å². The largest absolute Gasteiger partial charge is 0.462 e. The Bertz CT molecular complexity index is 1040. The number of esters is 3. The molecule has 0 saturated heterocycles. The van der Waals surface area contributed by atoms with Crippen LogP contribution < -0.4 is 0 Å². The lowest BCUT2D eigenvalue weighted by Crippen LogP contribution is -2.30.